The second-order valence-corrected chi connectivity index (χ2v) is 10.3. The molecule has 1 aliphatic carbocycles. The van der Waals surface area contributed by atoms with Crippen LogP contribution in [0.25, 0.3) is 0 Å². The first kappa shape index (κ1) is 15.2. The molecule has 0 aromatic heterocycles. The summed E-state index contributed by atoms with van der Waals surface area (Å²) in [6.45, 7) is 8.31. The average Bonchev–Trinajstić information content (AvgIpc) is 2.28. The summed E-state index contributed by atoms with van der Waals surface area (Å²) in [5.41, 5.74) is -0.615. The molecule has 4 nitrogen and oxygen atoms in total. The number of carbonyl (C=O) groups is 1. The maximum absolute atomic E-state index is 11.9. The van der Waals surface area contributed by atoms with Crippen molar-refractivity contribution in [2.24, 2.45) is 5.41 Å². The third-order valence-electron chi connectivity index (χ3n) is 3.20. The number of esters is 1. The van der Waals surface area contributed by atoms with Crippen molar-refractivity contribution >= 4 is 14.3 Å². The van der Waals surface area contributed by atoms with Crippen molar-refractivity contribution in [1.82, 2.24) is 0 Å². The van der Waals surface area contributed by atoms with Gasteiger partial charge in [0.05, 0.1) is 24.4 Å². The van der Waals surface area contributed by atoms with Crippen LogP contribution in [0.3, 0.4) is 0 Å². The number of ether oxygens (including phenoxy) is 2. The molecule has 0 amide bonds. The number of carbonyl (C=O) groups excluding carboxylic acids is 1. The highest BCUT2D eigenvalue weighted by atomic mass is 28.4. The van der Waals surface area contributed by atoms with E-state index in [9.17, 15) is 4.79 Å². The largest absolute Gasteiger partial charge is 0.547 e. The van der Waals surface area contributed by atoms with Crippen molar-refractivity contribution < 1.29 is 18.7 Å². The SMILES string of the molecule is COC(=O)C1(C)CCC(O[Si](C)(C)C)=CC1OC. The Hall–Kier alpha value is -0.813. The molecule has 0 heterocycles. The maximum atomic E-state index is 11.9. The van der Waals surface area contributed by atoms with E-state index in [4.69, 9.17) is 13.9 Å². The zero-order valence-corrected chi connectivity index (χ0v) is 13.2. The lowest BCUT2D eigenvalue weighted by molar-refractivity contribution is -0.159. The highest BCUT2D eigenvalue weighted by molar-refractivity contribution is 6.70. The first-order valence-corrected chi connectivity index (χ1v) is 9.64. The number of rotatable bonds is 4. The van der Waals surface area contributed by atoms with Crippen LogP contribution in [-0.4, -0.2) is 34.6 Å². The Bertz CT molecular complexity index is 345. The second kappa shape index (κ2) is 5.44. The summed E-state index contributed by atoms with van der Waals surface area (Å²) in [4.78, 5) is 11.9. The summed E-state index contributed by atoms with van der Waals surface area (Å²) >= 11 is 0. The smallest absolute Gasteiger partial charge is 0.314 e. The molecule has 0 saturated carbocycles. The van der Waals surface area contributed by atoms with E-state index < -0.39 is 13.7 Å². The van der Waals surface area contributed by atoms with Gasteiger partial charge in [-0.2, -0.15) is 0 Å². The lowest BCUT2D eigenvalue weighted by atomic mass is 9.76. The lowest BCUT2D eigenvalue weighted by Gasteiger charge is -2.37. The zero-order chi connectivity index (χ0) is 14.0. The molecule has 5 heteroatoms. The van der Waals surface area contributed by atoms with Gasteiger partial charge in [-0.3, -0.25) is 4.79 Å². The molecule has 0 fully saturated rings. The quantitative estimate of drug-likeness (QED) is 0.583. The summed E-state index contributed by atoms with van der Waals surface area (Å²) < 4.78 is 16.3. The standard InChI is InChI=1S/C13H24O4Si/c1-13(12(14)16-3)8-7-10(9-11(13)15-2)17-18(4,5)6/h9,11H,7-8H2,1-6H3. The van der Waals surface area contributed by atoms with E-state index in [-0.39, 0.29) is 12.1 Å². The van der Waals surface area contributed by atoms with Crippen LogP contribution in [0.5, 0.6) is 0 Å². The van der Waals surface area contributed by atoms with Crippen LogP contribution in [0.1, 0.15) is 19.8 Å². The fourth-order valence-electron chi connectivity index (χ4n) is 2.22. The highest BCUT2D eigenvalue weighted by Crippen LogP contribution is 2.38. The Morgan fingerprint density at radius 3 is 2.44 bits per heavy atom. The Morgan fingerprint density at radius 1 is 1.39 bits per heavy atom. The minimum Gasteiger partial charge on any atom is -0.547 e. The van der Waals surface area contributed by atoms with E-state index in [1.165, 1.54) is 7.11 Å². The van der Waals surface area contributed by atoms with Gasteiger partial charge in [-0.25, -0.2) is 0 Å². The third-order valence-corrected chi connectivity index (χ3v) is 4.07. The minimum absolute atomic E-state index is 0.224. The normalized spacial score (nSPS) is 28.6. The van der Waals surface area contributed by atoms with Crippen LogP contribution in [0, 0.1) is 5.41 Å². The van der Waals surface area contributed by atoms with Crippen LogP contribution in [0.15, 0.2) is 11.8 Å². The van der Waals surface area contributed by atoms with Crippen LogP contribution >= 0.6 is 0 Å². The van der Waals surface area contributed by atoms with Gasteiger partial charge in [-0.1, -0.05) is 0 Å². The van der Waals surface area contributed by atoms with E-state index >= 15 is 0 Å². The molecule has 1 rings (SSSR count). The van der Waals surface area contributed by atoms with Gasteiger partial charge in [-0.05, 0) is 39.1 Å². The molecule has 104 valence electrons. The van der Waals surface area contributed by atoms with E-state index in [1.54, 1.807) is 7.11 Å². The van der Waals surface area contributed by atoms with Crippen molar-refractivity contribution in [3.05, 3.63) is 11.8 Å². The van der Waals surface area contributed by atoms with Crippen molar-refractivity contribution in [3.63, 3.8) is 0 Å². The average molecular weight is 272 g/mol. The number of allylic oxidation sites excluding steroid dienone is 1. The molecule has 2 atom stereocenters. The first-order chi connectivity index (χ1) is 8.23. The van der Waals surface area contributed by atoms with E-state index in [2.05, 4.69) is 19.6 Å². The molecule has 1 aliphatic rings. The van der Waals surface area contributed by atoms with Gasteiger partial charge >= 0.3 is 5.97 Å². The topological polar surface area (TPSA) is 44.8 Å². The van der Waals surface area contributed by atoms with Crippen LogP contribution in [0.2, 0.25) is 19.6 Å². The molecule has 2 unspecified atom stereocenters. The van der Waals surface area contributed by atoms with Gasteiger partial charge in [0.25, 0.3) is 0 Å². The predicted octanol–water partition coefficient (Wildman–Crippen LogP) is 2.71. The molecule has 0 radical (unpaired) electrons. The molecule has 0 saturated heterocycles. The van der Waals surface area contributed by atoms with Crippen molar-refractivity contribution in [3.8, 4) is 0 Å². The second-order valence-electron chi connectivity index (χ2n) is 5.91. The monoisotopic (exact) mass is 272 g/mol. The fourth-order valence-corrected chi connectivity index (χ4v) is 3.18. The zero-order valence-electron chi connectivity index (χ0n) is 12.2. The Labute approximate surface area is 110 Å². The van der Waals surface area contributed by atoms with Gasteiger partial charge in [0.15, 0.2) is 0 Å². The Kier molecular flexibility index (Phi) is 4.61. The van der Waals surface area contributed by atoms with E-state index in [1.807, 2.05) is 13.0 Å². The van der Waals surface area contributed by atoms with Gasteiger partial charge in [0.2, 0.25) is 8.32 Å². The third kappa shape index (κ3) is 3.35. The molecular formula is C13H24O4Si. The van der Waals surface area contributed by atoms with E-state index in [0.717, 1.165) is 12.2 Å². The number of methoxy groups -OCH3 is 2. The van der Waals surface area contributed by atoms with Crippen molar-refractivity contribution in [1.29, 1.82) is 0 Å². The summed E-state index contributed by atoms with van der Waals surface area (Å²) in [6.07, 6.45) is 3.09. The van der Waals surface area contributed by atoms with Gasteiger partial charge in [0.1, 0.15) is 0 Å². The van der Waals surface area contributed by atoms with Crippen molar-refractivity contribution in [2.75, 3.05) is 14.2 Å². The summed E-state index contributed by atoms with van der Waals surface area (Å²) in [5, 5.41) is 0. The molecule has 0 aromatic rings. The van der Waals surface area contributed by atoms with Crippen LogP contribution in [0.4, 0.5) is 0 Å². The van der Waals surface area contributed by atoms with Gasteiger partial charge in [-0.15, -0.1) is 0 Å². The molecule has 0 bridgehead atoms. The fraction of sp³-hybridized carbons (Fsp3) is 0.769. The molecule has 0 spiro atoms. The molecule has 18 heavy (non-hydrogen) atoms. The summed E-state index contributed by atoms with van der Waals surface area (Å²) in [7, 11) is 1.42. The molecule has 0 aliphatic heterocycles. The number of hydrogen-bond acceptors (Lipinski definition) is 4. The van der Waals surface area contributed by atoms with Crippen LogP contribution in [-0.2, 0) is 18.7 Å². The van der Waals surface area contributed by atoms with Gasteiger partial charge in [0, 0.05) is 13.5 Å². The predicted molar refractivity (Wildman–Crippen MR) is 72.7 cm³/mol. The summed E-state index contributed by atoms with van der Waals surface area (Å²) in [6, 6.07) is 0. The minimum atomic E-state index is -1.61. The summed E-state index contributed by atoms with van der Waals surface area (Å²) in [5.74, 6) is 0.722. The Morgan fingerprint density at radius 2 is 2.00 bits per heavy atom. The molecule has 0 N–H and O–H groups in total. The maximum Gasteiger partial charge on any atom is 0.314 e. The Balaban J connectivity index is 2.91. The number of hydrogen-bond donors (Lipinski definition) is 0. The molecule has 0 aromatic carbocycles. The molecular weight excluding hydrogens is 248 g/mol. The van der Waals surface area contributed by atoms with Crippen molar-refractivity contribution in [2.45, 2.75) is 45.5 Å². The lowest BCUT2D eigenvalue weighted by Crippen LogP contribution is -2.43. The van der Waals surface area contributed by atoms with Crippen LogP contribution < -0.4 is 0 Å². The van der Waals surface area contributed by atoms with E-state index in [0.29, 0.717) is 6.42 Å². The van der Waals surface area contributed by atoms with Gasteiger partial charge < -0.3 is 13.9 Å². The first-order valence-electron chi connectivity index (χ1n) is 6.24. The highest BCUT2D eigenvalue weighted by Gasteiger charge is 2.44.